The van der Waals surface area contributed by atoms with Gasteiger partial charge in [-0.15, -0.1) is 0 Å². The van der Waals surface area contributed by atoms with Crippen LogP contribution in [0, 0.1) is 28.5 Å². The molecule has 0 bridgehead atoms. The number of halogens is 2. The zero-order valence-electron chi connectivity index (χ0n) is 31.6. The Morgan fingerprint density at radius 1 is 1.06 bits per heavy atom. The first-order chi connectivity index (χ1) is 22.8. The van der Waals surface area contributed by atoms with Gasteiger partial charge in [-0.05, 0) is 66.9 Å². The number of primary amides is 1. The normalized spacial score (nSPS) is 17.8. The van der Waals surface area contributed by atoms with E-state index in [1.165, 1.54) is 31.7 Å². The van der Waals surface area contributed by atoms with Crippen LogP contribution in [-0.2, 0) is 24.4 Å². The van der Waals surface area contributed by atoms with Crippen LogP contribution in [0.15, 0.2) is 42.5 Å². The number of likely N-dealkylation sites (N-methyl/N-ethyl adjacent to an activating group) is 1. The van der Waals surface area contributed by atoms with Crippen molar-refractivity contribution >= 4 is 17.5 Å². The quantitative estimate of drug-likeness (QED) is 0.149. The average Bonchev–Trinajstić information content (AvgIpc) is 2.98. The molecule has 8 nitrogen and oxygen atoms in total. The maximum absolute atomic E-state index is 14.4. The van der Waals surface area contributed by atoms with Crippen molar-refractivity contribution in [2.24, 2.45) is 28.4 Å². The number of benzene rings is 2. The molecule has 4 unspecified atom stereocenters. The molecule has 0 aliphatic heterocycles. The molecule has 1 saturated carbocycles. The molecule has 49 heavy (non-hydrogen) atoms. The number of carbonyl (C=O) groups excluding carboxylic acids is 1. The van der Waals surface area contributed by atoms with Gasteiger partial charge in [0.1, 0.15) is 5.82 Å². The Kier molecular flexibility index (Phi) is 20.1. The molecule has 10 heteroatoms. The molecule has 0 saturated heterocycles. The first-order valence-corrected chi connectivity index (χ1v) is 17.9. The van der Waals surface area contributed by atoms with Gasteiger partial charge in [-0.3, -0.25) is 9.69 Å². The Morgan fingerprint density at radius 3 is 2.16 bits per heavy atom. The summed E-state index contributed by atoms with van der Waals surface area (Å²) in [4.78, 5) is 16.1. The van der Waals surface area contributed by atoms with E-state index in [4.69, 9.17) is 17.3 Å². The highest BCUT2D eigenvalue weighted by Crippen LogP contribution is 2.37. The molecule has 0 radical (unpaired) electrons. The standard InChI is InChI=1S/C25H36ClFN4O4.C9H18.C5H12/c1-30(2)9-10-31(14-19-21(26)7-4-8-22(19)27)13-18-6-3-5-17(11-18)12-29-24(25(28)35)20(15-32)23(34)16-33;1-8-5-4-6-9(2,3)7-8;1-5(2,3)4/h3-8,11,20,23-24,29,32-34H,9-10,12-16H2,1-2H3,(H2,28,35);8H,4-7H2,1-3H3;1-4H3. The molecule has 6 N–H and O–H groups in total. The van der Waals surface area contributed by atoms with Crippen molar-refractivity contribution in [1.82, 2.24) is 15.1 Å². The van der Waals surface area contributed by atoms with Crippen molar-refractivity contribution in [3.05, 3.63) is 70.0 Å². The second kappa shape index (κ2) is 22.0. The Hall–Kier alpha value is -2.11. The minimum atomic E-state index is -1.29. The lowest BCUT2D eigenvalue weighted by Crippen LogP contribution is -2.52. The fourth-order valence-corrected chi connectivity index (χ4v) is 6.13. The van der Waals surface area contributed by atoms with Crippen molar-refractivity contribution in [2.75, 3.05) is 40.4 Å². The Labute approximate surface area is 301 Å². The van der Waals surface area contributed by atoms with Crippen LogP contribution in [0.25, 0.3) is 0 Å². The van der Waals surface area contributed by atoms with Gasteiger partial charge in [-0.25, -0.2) is 4.39 Å². The van der Waals surface area contributed by atoms with Crippen molar-refractivity contribution < 1.29 is 24.5 Å². The van der Waals surface area contributed by atoms with Crippen LogP contribution in [0.2, 0.25) is 5.02 Å². The van der Waals surface area contributed by atoms with Gasteiger partial charge in [-0.1, -0.05) is 103 Å². The van der Waals surface area contributed by atoms with Crippen LogP contribution < -0.4 is 11.1 Å². The maximum atomic E-state index is 14.4. The summed E-state index contributed by atoms with van der Waals surface area (Å²) < 4.78 is 14.4. The van der Waals surface area contributed by atoms with E-state index in [1.807, 2.05) is 38.4 Å². The highest BCUT2D eigenvalue weighted by atomic mass is 35.5. The number of amides is 1. The van der Waals surface area contributed by atoms with Gasteiger partial charge in [-0.2, -0.15) is 0 Å². The largest absolute Gasteiger partial charge is 0.396 e. The van der Waals surface area contributed by atoms with E-state index >= 15 is 0 Å². The summed E-state index contributed by atoms with van der Waals surface area (Å²) in [5.41, 5.74) is 8.91. The van der Waals surface area contributed by atoms with E-state index in [0.717, 1.165) is 23.6 Å². The number of hydrogen-bond donors (Lipinski definition) is 5. The van der Waals surface area contributed by atoms with E-state index in [1.54, 1.807) is 12.1 Å². The van der Waals surface area contributed by atoms with Gasteiger partial charge >= 0.3 is 0 Å². The number of hydrogen-bond acceptors (Lipinski definition) is 7. The molecule has 1 aliphatic rings. The summed E-state index contributed by atoms with van der Waals surface area (Å²) in [5, 5.41) is 32.1. The van der Waals surface area contributed by atoms with E-state index < -0.39 is 37.2 Å². The average molecular weight is 709 g/mol. The fraction of sp³-hybridized carbons (Fsp3) is 0.667. The zero-order chi connectivity index (χ0) is 37.4. The van der Waals surface area contributed by atoms with Crippen LogP contribution >= 0.6 is 11.6 Å². The maximum Gasteiger partial charge on any atom is 0.235 e. The lowest BCUT2D eigenvalue weighted by molar-refractivity contribution is -0.124. The lowest BCUT2D eigenvalue weighted by atomic mass is 9.73. The Morgan fingerprint density at radius 2 is 1.67 bits per heavy atom. The van der Waals surface area contributed by atoms with Gasteiger partial charge in [0, 0.05) is 49.2 Å². The van der Waals surface area contributed by atoms with Crippen molar-refractivity contribution in [3.8, 4) is 0 Å². The molecule has 0 aromatic heterocycles. The molecule has 3 rings (SSSR count). The monoisotopic (exact) mass is 708 g/mol. The predicted molar refractivity (Wildman–Crippen MR) is 201 cm³/mol. The summed E-state index contributed by atoms with van der Waals surface area (Å²) in [7, 11) is 3.95. The number of rotatable bonds is 15. The molecule has 0 heterocycles. The van der Waals surface area contributed by atoms with Crippen LogP contribution in [0.5, 0.6) is 0 Å². The predicted octanol–water partition coefficient (Wildman–Crippen LogP) is 6.22. The third kappa shape index (κ3) is 19.2. The zero-order valence-corrected chi connectivity index (χ0v) is 32.4. The first kappa shape index (κ1) is 44.9. The minimum Gasteiger partial charge on any atom is -0.396 e. The lowest BCUT2D eigenvalue weighted by Gasteiger charge is -2.33. The topological polar surface area (TPSA) is 122 Å². The smallest absolute Gasteiger partial charge is 0.235 e. The van der Waals surface area contributed by atoms with Crippen molar-refractivity contribution in [3.63, 3.8) is 0 Å². The third-order valence-corrected chi connectivity index (χ3v) is 8.66. The molecule has 4 atom stereocenters. The highest BCUT2D eigenvalue weighted by molar-refractivity contribution is 6.31. The summed E-state index contributed by atoms with van der Waals surface area (Å²) >= 11 is 6.26. The molecular formula is C39H66ClFN4O4. The van der Waals surface area contributed by atoms with E-state index in [2.05, 4.69) is 63.6 Å². The number of nitrogens with two attached hydrogens (primary N) is 1. The third-order valence-electron chi connectivity index (χ3n) is 8.31. The minimum absolute atomic E-state index is 0.257. The molecule has 1 amide bonds. The fourth-order valence-electron chi connectivity index (χ4n) is 5.91. The van der Waals surface area contributed by atoms with E-state index in [-0.39, 0.29) is 12.4 Å². The van der Waals surface area contributed by atoms with Gasteiger partial charge in [0.05, 0.1) is 25.4 Å². The molecule has 280 valence electrons. The molecule has 2 aromatic rings. The Bertz CT molecular complexity index is 1210. The summed E-state index contributed by atoms with van der Waals surface area (Å²) in [6, 6.07) is 11.3. The van der Waals surface area contributed by atoms with Gasteiger partial charge < -0.3 is 31.3 Å². The number of carbonyl (C=O) groups is 1. The summed E-state index contributed by atoms with van der Waals surface area (Å²) in [5.74, 6) is -1.03. The summed E-state index contributed by atoms with van der Waals surface area (Å²) in [6.07, 6.45) is 4.51. The van der Waals surface area contributed by atoms with Gasteiger partial charge in [0.15, 0.2) is 0 Å². The number of aliphatic hydroxyl groups excluding tert-OH is 3. The first-order valence-electron chi connectivity index (χ1n) is 17.6. The van der Waals surface area contributed by atoms with Crippen LogP contribution in [0.1, 0.15) is 90.8 Å². The van der Waals surface area contributed by atoms with Crippen molar-refractivity contribution in [1.29, 1.82) is 0 Å². The van der Waals surface area contributed by atoms with Crippen LogP contribution in [-0.4, -0.2) is 83.6 Å². The van der Waals surface area contributed by atoms with E-state index in [0.29, 0.717) is 41.1 Å². The molecular weight excluding hydrogens is 643 g/mol. The molecule has 2 aromatic carbocycles. The van der Waals surface area contributed by atoms with Crippen LogP contribution in [0.3, 0.4) is 0 Å². The van der Waals surface area contributed by atoms with Crippen LogP contribution in [0.4, 0.5) is 4.39 Å². The second-order valence-corrected chi connectivity index (χ2v) is 16.7. The SMILES string of the molecule is CC(C)(C)C.CC1CCCC(C)(C)C1.CN(C)CCN(Cc1cccc(CNC(C(N)=O)C(CO)C(O)CO)c1)Cc1c(F)cccc1Cl. The number of nitrogens with one attached hydrogen (secondary N) is 1. The van der Waals surface area contributed by atoms with E-state index in [9.17, 15) is 24.5 Å². The van der Waals surface area contributed by atoms with Gasteiger partial charge in [0.25, 0.3) is 0 Å². The van der Waals surface area contributed by atoms with Gasteiger partial charge in [0.2, 0.25) is 5.91 Å². The molecule has 1 aliphatic carbocycles. The number of aliphatic hydroxyl groups is 3. The highest BCUT2D eigenvalue weighted by Gasteiger charge is 2.31. The molecule has 0 spiro atoms. The Balaban J connectivity index is 0.000000707. The molecule has 1 fully saturated rings. The van der Waals surface area contributed by atoms with Crippen molar-refractivity contribution in [2.45, 2.75) is 106 Å². The second-order valence-electron chi connectivity index (χ2n) is 16.3. The number of nitrogens with zero attached hydrogens (tertiary/aromatic N) is 2. The summed E-state index contributed by atoms with van der Waals surface area (Å²) in [6.45, 7) is 17.4.